The van der Waals surface area contributed by atoms with E-state index in [2.05, 4.69) is 10.3 Å². The number of ether oxygens (including phenoxy) is 2. The van der Waals surface area contributed by atoms with Crippen LogP contribution in [0.25, 0.3) is 0 Å². The summed E-state index contributed by atoms with van der Waals surface area (Å²) < 4.78 is 11.5. The maximum Gasteiger partial charge on any atom is 0.265 e. The Bertz CT molecular complexity index is 887. The average molecular weight is 346 g/mol. The molecule has 0 bridgehead atoms. The number of pyridine rings is 1. The molecule has 3 aromatic rings. The topological polar surface area (TPSA) is 60.5 Å². The Hall–Kier alpha value is -3.34. The van der Waals surface area contributed by atoms with Crippen LogP contribution in [0.5, 0.6) is 11.5 Å². The van der Waals surface area contributed by atoms with Crippen molar-refractivity contribution in [2.45, 2.75) is 19.1 Å². The molecule has 0 saturated carbocycles. The Labute approximate surface area is 151 Å². The number of carbonyl (C=O) groups excluding carboxylic acids is 1. The average Bonchev–Trinajstić information content (AvgIpc) is 3.12. The zero-order valence-corrected chi connectivity index (χ0v) is 14.1. The lowest BCUT2D eigenvalue weighted by Gasteiger charge is -2.12. The molecule has 1 amide bonds. The Kier molecular flexibility index (Phi) is 4.51. The third-order valence-corrected chi connectivity index (χ3v) is 4.17. The molecule has 0 fully saturated rings. The molecule has 0 saturated heterocycles. The second-order valence-corrected chi connectivity index (χ2v) is 6.09. The fourth-order valence-corrected chi connectivity index (χ4v) is 2.86. The third kappa shape index (κ3) is 3.67. The molecule has 0 aliphatic carbocycles. The largest absolute Gasteiger partial charge is 0.489 e. The van der Waals surface area contributed by atoms with Crippen molar-refractivity contribution >= 4 is 11.6 Å². The lowest BCUT2D eigenvalue weighted by atomic mass is 10.1. The van der Waals surface area contributed by atoms with Gasteiger partial charge in [0.25, 0.3) is 5.91 Å². The summed E-state index contributed by atoms with van der Waals surface area (Å²) in [6.45, 7) is 0.423. The number of anilines is 1. The predicted molar refractivity (Wildman–Crippen MR) is 98.2 cm³/mol. The quantitative estimate of drug-likeness (QED) is 0.767. The fourth-order valence-electron chi connectivity index (χ4n) is 2.86. The highest BCUT2D eigenvalue weighted by Crippen LogP contribution is 2.29. The Morgan fingerprint density at radius 3 is 2.92 bits per heavy atom. The molecular formula is C21H18N2O3. The van der Waals surface area contributed by atoms with Crippen molar-refractivity contribution in [2.75, 3.05) is 5.32 Å². The first-order valence-corrected chi connectivity index (χ1v) is 8.45. The Balaban J connectivity index is 1.37. The number of hydrogen-bond donors (Lipinski definition) is 1. The highest BCUT2D eigenvalue weighted by atomic mass is 16.5. The minimum atomic E-state index is -0.507. The van der Waals surface area contributed by atoms with E-state index < -0.39 is 6.10 Å². The van der Waals surface area contributed by atoms with Gasteiger partial charge in [0.1, 0.15) is 18.1 Å². The van der Waals surface area contributed by atoms with E-state index in [0.717, 1.165) is 16.9 Å². The van der Waals surface area contributed by atoms with Crippen molar-refractivity contribution in [1.29, 1.82) is 0 Å². The van der Waals surface area contributed by atoms with E-state index in [1.165, 1.54) is 0 Å². The van der Waals surface area contributed by atoms with Gasteiger partial charge < -0.3 is 14.8 Å². The predicted octanol–water partition coefficient (Wildman–Crippen LogP) is 3.60. The van der Waals surface area contributed by atoms with Crippen LogP contribution < -0.4 is 14.8 Å². The van der Waals surface area contributed by atoms with E-state index in [9.17, 15) is 4.79 Å². The molecule has 5 nitrogen and oxygen atoms in total. The first kappa shape index (κ1) is 16.1. The molecule has 0 radical (unpaired) electrons. The number of aromatic nitrogens is 1. The first-order chi connectivity index (χ1) is 12.8. The van der Waals surface area contributed by atoms with Gasteiger partial charge in [-0.2, -0.15) is 0 Å². The van der Waals surface area contributed by atoms with E-state index in [1.807, 2.05) is 54.6 Å². The van der Waals surface area contributed by atoms with Gasteiger partial charge in [0.2, 0.25) is 0 Å². The smallest absolute Gasteiger partial charge is 0.265 e. The zero-order chi connectivity index (χ0) is 17.8. The van der Waals surface area contributed by atoms with Crippen LogP contribution in [0.2, 0.25) is 0 Å². The highest BCUT2D eigenvalue weighted by Gasteiger charge is 2.28. The van der Waals surface area contributed by atoms with Gasteiger partial charge in [-0.05, 0) is 29.8 Å². The zero-order valence-electron chi connectivity index (χ0n) is 14.1. The highest BCUT2D eigenvalue weighted by molar-refractivity contribution is 5.95. The van der Waals surface area contributed by atoms with Crippen LogP contribution in [0.15, 0.2) is 73.1 Å². The summed E-state index contributed by atoms with van der Waals surface area (Å²) in [7, 11) is 0. The molecule has 1 aromatic heterocycles. The first-order valence-electron chi connectivity index (χ1n) is 8.45. The number of nitrogens with zero attached hydrogens (tertiary/aromatic N) is 1. The molecule has 1 N–H and O–H groups in total. The van der Waals surface area contributed by atoms with Gasteiger partial charge in [0.05, 0.1) is 0 Å². The van der Waals surface area contributed by atoms with Crippen molar-refractivity contribution in [3.05, 3.63) is 84.2 Å². The van der Waals surface area contributed by atoms with Crippen LogP contribution in [0.3, 0.4) is 0 Å². The summed E-state index contributed by atoms with van der Waals surface area (Å²) in [6.07, 6.45) is 3.57. The van der Waals surface area contributed by atoms with Gasteiger partial charge in [-0.1, -0.05) is 30.3 Å². The van der Waals surface area contributed by atoms with Gasteiger partial charge in [0, 0.05) is 36.1 Å². The number of amides is 1. The molecule has 2 aromatic carbocycles. The van der Waals surface area contributed by atoms with E-state index >= 15 is 0 Å². The fraction of sp³-hybridized carbons (Fsp3) is 0.143. The van der Waals surface area contributed by atoms with Crippen molar-refractivity contribution < 1.29 is 14.3 Å². The molecule has 1 unspecified atom stereocenters. The van der Waals surface area contributed by atoms with E-state index in [1.54, 1.807) is 18.5 Å². The molecule has 4 rings (SSSR count). The Morgan fingerprint density at radius 2 is 2.08 bits per heavy atom. The number of nitrogens with one attached hydrogen (secondary N) is 1. The molecule has 1 aliphatic rings. The van der Waals surface area contributed by atoms with Crippen molar-refractivity contribution in [2.24, 2.45) is 0 Å². The Morgan fingerprint density at radius 1 is 1.15 bits per heavy atom. The van der Waals surface area contributed by atoms with Crippen LogP contribution in [0.4, 0.5) is 5.69 Å². The number of carbonyl (C=O) groups is 1. The molecule has 0 spiro atoms. The third-order valence-electron chi connectivity index (χ3n) is 4.17. The van der Waals surface area contributed by atoms with Crippen molar-refractivity contribution in [3.8, 4) is 11.5 Å². The van der Waals surface area contributed by atoms with Gasteiger partial charge >= 0.3 is 0 Å². The number of fused-ring (bicyclic) bond motifs is 1. The minimum absolute atomic E-state index is 0.161. The SMILES string of the molecule is O=C(Nc1cccc(OCc2cccnc2)c1)C1Cc2ccccc2O1. The van der Waals surface area contributed by atoms with E-state index in [0.29, 0.717) is 24.5 Å². The van der Waals surface area contributed by atoms with Crippen molar-refractivity contribution in [3.63, 3.8) is 0 Å². The number of rotatable bonds is 5. The lowest BCUT2D eigenvalue weighted by molar-refractivity contribution is -0.122. The molecule has 26 heavy (non-hydrogen) atoms. The van der Waals surface area contributed by atoms with Crippen molar-refractivity contribution in [1.82, 2.24) is 4.98 Å². The molecule has 5 heteroatoms. The summed E-state index contributed by atoms with van der Waals surface area (Å²) >= 11 is 0. The molecule has 1 atom stereocenters. The van der Waals surface area contributed by atoms with Gasteiger partial charge in [-0.3, -0.25) is 9.78 Å². The molecular weight excluding hydrogens is 328 g/mol. The normalized spacial score (nSPS) is 15.0. The summed E-state index contributed by atoms with van der Waals surface area (Å²) in [5.74, 6) is 1.30. The van der Waals surface area contributed by atoms with Crippen LogP contribution in [0, 0.1) is 0 Å². The number of benzene rings is 2. The van der Waals surface area contributed by atoms with Gasteiger partial charge in [-0.25, -0.2) is 0 Å². The number of hydrogen-bond acceptors (Lipinski definition) is 4. The summed E-state index contributed by atoms with van der Waals surface area (Å²) in [5, 5.41) is 2.90. The molecule has 2 heterocycles. The monoisotopic (exact) mass is 346 g/mol. The maximum atomic E-state index is 12.5. The van der Waals surface area contributed by atoms with Crippen LogP contribution in [-0.2, 0) is 17.8 Å². The van der Waals surface area contributed by atoms with Gasteiger partial charge in [0.15, 0.2) is 6.10 Å². The number of para-hydroxylation sites is 1. The summed E-state index contributed by atoms with van der Waals surface area (Å²) in [5.41, 5.74) is 2.72. The molecule has 130 valence electrons. The standard InChI is InChI=1S/C21H18N2O3/c24-21(20-11-16-6-1-2-9-19(16)26-20)23-17-7-3-8-18(12-17)25-14-15-5-4-10-22-13-15/h1-10,12-13,20H,11,14H2,(H,23,24). The maximum absolute atomic E-state index is 12.5. The molecule has 1 aliphatic heterocycles. The lowest BCUT2D eigenvalue weighted by Crippen LogP contribution is -2.31. The van der Waals surface area contributed by atoms with Crippen LogP contribution in [-0.4, -0.2) is 17.0 Å². The van der Waals surface area contributed by atoms with E-state index in [-0.39, 0.29) is 5.91 Å². The van der Waals surface area contributed by atoms with Crippen LogP contribution in [0.1, 0.15) is 11.1 Å². The second kappa shape index (κ2) is 7.27. The second-order valence-electron chi connectivity index (χ2n) is 6.09. The summed E-state index contributed by atoms with van der Waals surface area (Å²) in [4.78, 5) is 16.6. The summed E-state index contributed by atoms with van der Waals surface area (Å²) in [6, 6.07) is 18.9. The van der Waals surface area contributed by atoms with Crippen LogP contribution >= 0.6 is 0 Å². The van der Waals surface area contributed by atoms with Gasteiger partial charge in [-0.15, -0.1) is 0 Å². The van der Waals surface area contributed by atoms with E-state index in [4.69, 9.17) is 9.47 Å². The minimum Gasteiger partial charge on any atom is -0.489 e.